The van der Waals surface area contributed by atoms with Crippen LogP contribution >= 0.6 is 11.8 Å². The van der Waals surface area contributed by atoms with Crippen molar-refractivity contribution in [3.05, 3.63) is 35.4 Å². The summed E-state index contributed by atoms with van der Waals surface area (Å²) in [7, 11) is 0. The predicted molar refractivity (Wildman–Crippen MR) is 79.9 cm³/mol. The maximum absolute atomic E-state index is 11.6. The highest BCUT2D eigenvalue weighted by molar-refractivity contribution is 7.99. The number of hydrogen-bond acceptors (Lipinski definition) is 2. The van der Waals surface area contributed by atoms with Crippen molar-refractivity contribution in [2.45, 2.75) is 45.4 Å². The van der Waals surface area contributed by atoms with Crippen LogP contribution in [0.25, 0.3) is 0 Å². The smallest absolute Gasteiger partial charge is 0.230 e. The molecular weight excluding hydrogens is 242 g/mol. The van der Waals surface area contributed by atoms with Gasteiger partial charge in [0.2, 0.25) is 5.91 Å². The molecule has 2 nitrogen and oxygen atoms in total. The molecule has 0 aliphatic heterocycles. The van der Waals surface area contributed by atoms with Crippen molar-refractivity contribution < 1.29 is 4.79 Å². The summed E-state index contributed by atoms with van der Waals surface area (Å²) in [6.07, 6.45) is 2.16. The third-order valence-electron chi connectivity index (χ3n) is 2.75. The van der Waals surface area contributed by atoms with Crippen LogP contribution in [0, 0.1) is 6.92 Å². The third-order valence-corrected chi connectivity index (χ3v) is 3.76. The minimum atomic E-state index is 0.146. The van der Waals surface area contributed by atoms with E-state index in [1.165, 1.54) is 11.1 Å². The van der Waals surface area contributed by atoms with E-state index in [-0.39, 0.29) is 5.91 Å². The average molecular weight is 265 g/mol. The highest BCUT2D eigenvalue weighted by Crippen LogP contribution is 2.12. The molecule has 0 heterocycles. The molecule has 3 heteroatoms. The van der Waals surface area contributed by atoms with Crippen molar-refractivity contribution in [2.75, 3.05) is 5.75 Å². The quantitative estimate of drug-likeness (QED) is 0.817. The summed E-state index contributed by atoms with van der Waals surface area (Å²) in [4.78, 5) is 11.6. The number of thioether (sulfide) groups is 1. The van der Waals surface area contributed by atoms with Crippen LogP contribution in [0.3, 0.4) is 0 Å². The van der Waals surface area contributed by atoms with E-state index < -0.39 is 0 Å². The first-order valence-corrected chi connectivity index (χ1v) is 7.70. The fourth-order valence-electron chi connectivity index (χ4n) is 1.77. The van der Waals surface area contributed by atoms with Gasteiger partial charge in [0, 0.05) is 11.8 Å². The van der Waals surface area contributed by atoms with Gasteiger partial charge in [0.25, 0.3) is 0 Å². The number of carbonyl (C=O) groups is 1. The molecule has 0 fully saturated rings. The van der Waals surface area contributed by atoms with Gasteiger partial charge in [-0.2, -0.15) is 0 Å². The third kappa shape index (κ3) is 6.10. The van der Waals surface area contributed by atoms with Gasteiger partial charge in [-0.15, -0.1) is 11.8 Å². The molecule has 0 saturated heterocycles. The van der Waals surface area contributed by atoms with Gasteiger partial charge >= 0.3 is 0 Å². The molecule has 1 aromatic rings. The summed E-state index contributed by atoms with van der Waals surface area (Å²) in [6.45, 7) is 6.28. The van der Waals surface area contributed by atoms with Crippen molar-refractivity contribution in [3.63, 3.8) is 0 Å². The predicted octanol–water partition coefficient (Wildman–Crippen LogP) is 3.53. The SMILES string of the molecule is CCCC(C)NC(=O)CSCc1ccc(C)cc1. The van der Waals surface area contributed by atoms with Gasteiger partial charge in [0.15, 0.2) is 0 Å². The topological polar surface area (TPSA) is 29.1 Å². The van der Waals surface area contributed by atoms with Crippen LogP contribution in [0.5, 0.6) is 0 Å². The molecule has 0 aromatic heterocycles. The highest BCUT2D eigenvalue weighted by atomic mass is 32.2. The van der Waals surface area contributed by atoms with Crippen molar-refractivity contribution in [1.29, 1.82) is 0 Å². The Morgan fingerprint density at radius 1 is 1.33 bits per heavy atom. The Labute approximate surface area is 115 Å². The molecule has 0 saturated carbocycles. The fraction of sp³-hybridized carbons (Fsp3) is 0.533. The van der Waals surface area contributed by atoms with E-state index in [9.17, 15) is 4.79 Å². The number of aryl methyl sites for hydroxylation is 1. The number of carbonyl (C=O) groups excluding carboxylic acids is 1. The van der Waals surface area contributed by atoms with E-state index in [0.717, 1.165) is 18.6 Å². The molecule has 1 unspecified atom stereocenters. The zero-order valence-electron chi connectivity index (χ0n) is 11.5. The van der Waals surface area contributed by atoms with Gasteiger partial charge in [-0.3, -0.25) is 4.79 Å². The minimum absolute atomic E-state index is 0.146. The maximum Gasteiger partial charge on any atom is 0.230 e. The molecule has 1 rings (SSSR count). The molecule has 1 aromatic carbocycles. The van der Waals surface area contributed by atoms with Crippen LogP contribution in [-0.2, 0) is 10.5 Å². The molecule has 100 valence electrons. The summed E-state index contributed by atoms with van der Waals surface area (Å²) >= 11 is 1.67. The van der Waals surface area contributed by atoms with Gasteiger partial charge < -0.3 is 5.32 Å². The van der Waals surface area contributed by atoms with E-state index in [0.29, 0.717) is 11.8 Å². The number of hydrogen-bond donors (Lipinski definition) is 1. The van der Waals surface area contributed by atoms with Crippen LogP contribution in [0.15, 0.2) is 24.3 Å². The molecule has 0 aliphatic carbocycles. The summed E-state index contributed by atoms with van der Waals surface area (Å²) in [6, 6.07) is 8.76. The molecule has 1 atom stereocenters. The van der Waals surface area contributed by atoms with Crippen molar-refractivity contribution in [3.8, 4) is 0 Å². The molecule has 1 N–H and O–H groups in total. The molecule has 0 bridgehead atoms. The lowest BCUT2D eigenvalue weighted by Gasteiger charge is -2.12. The lowest BCUT2D eigenvalue weighted by Crippen LogP contribution is -2.33. The monoisotopic (exact) mass is 265 g/mol. The fourth-order valence-corrected chi connectivity index (χ4v) is 2.57. The Balaban J connectivity index is 2.21. The molecule has 0 radical (unpaired) electrons. The zero-order chi connectivity index (χ0) is 13.4. The van der Waals surface area contributed by atoms with Gasteiger partial charge in [-0.1, -0.05) is 43.2 Å². The number of benzene rings is 1. The zero-order valence-corrected chi connectivity index (χ0v) is 12.3. The van der Waals surface area contributed by atoms with Crippen LogP contribution in [-0.4, -0.2) is 17.7 Å². The summed E-state index contributed by atoms with van der Waals surface area (Å²) in [5, 5.41) is 3.02. The second kappa shape index (κ2) is 8.20. The van der Waals surface area contributed by atoms with E-state index in [1.807, 2.05) is 0 Å². The van der Waals surface area contributed by atoms with Crippen LogP contribution < -0.4 is 5.32 Å². The minimum Gasteiger partial charge on any atom is -0.353 e. The second-order valence-electron chi connectivity index (χ2n) is 4.74. The van der Waals surface area contributed by atoms with Gasteiger partial charge in [0.1, 0.15) is 0 Å². The Kier molecular flexibility index (Phi) is 6.88. The summed E-state index contributed by atoms with van der Waals surface area (Å²) < 4.78 is 0. The molecular formula is C15H23NOS. The number of rotatable bonds is 7. The first-order chi connectivity index (χ1) is 8.61. The standard InChI is InChI=1S/C15H23NOS/c1-4-5-13(3)16-15(17)11-18-10-14-8-6-12(2)7-9-14/h6-9,13H,4-5,10-11H2,1-3H3,(H,16,17). The Bertz CT molecular complexity index is 361. The molecule has 1 amide bonds. The average Bonchev–Trinajstić information content (AvgIpc) is 2.32. The van der Waals surface area contributed by atoms with E-state index in [4.69, 9.17) is 0 Å². The van der Waals surface area contributed by atoms with Crippen molar-refractivity contribution in [2.24, 2.45) is 0 Å². The first-order valence-electron chi connectivity index (χ1n) is 6.54. The lowest BCUT2D eigenvalue weighted by atomic mass is 10.2. The largest absolute Gasteiger partial charge is 0.353 e. The first kappa shape index (κ1) is 15.1. The highest BCUT2D eigenvalue weighted by Gasteiger charge is 2.06. The Hall–Kier alpha value is -0.960. The van der Waals surface area contributed by atoms with E-state index in [1.54, 1.807) is 11.8 Å². The number of nitrogens with one attached hydrogen (secondary N) is 1. The Morgan fingerprint density at radius 3 is 2.61 bits per heavy atom. The van der Waals surface area contributed by atoms with Crippen molar-refractivity contribution >= 4 is 17.7 Å². The van der Waals surface area contributed by atoms with Crippen LogP contribution in [0.4, 0.5) is 0 Å². The Morgan fingerprint density at radius 2 is 2.00 bits per heavy atom. The normalized spacial score (nSPS) is 12.2. The van der Waals surface area contributed by atoms with Gasteiger partial charge in [0.05, 0.1) is 5.75 Å². The maximum atomic E-state index is 11.6. The molecule has 18 heavy (non-hydrogen) atoms. The van der Waals surface area contributed by atoms with Crippen LogP contribution in [0.1, 0.15) is 37.8 Å². The molecule has 0 spiro atoms. The summed E-state index contributed by atoms with van der Waals surface area (Å²) in [5.74, 6) is 1.59. The van der Waals surface area contributed by atoms with Crippen molar-refractivity contribution in [1.82, 2.24) is 5.32 Å². The lowest BCUT2D eigenvalue weighted by molar-refractivity contribution is -0.119. The van der Waals surface area contributed by atoms with E-state index >= 15 is 0 Å². The van der Waals surface area contributed by atoms with Gasteiger partial charge in [-0.25, -0.2) is 0 Å². The van der Waals surface area contributed by atoms with Crippen LogP contribution in [0.2, 0.25) is 0 Å². The van der Waals surface area contributed by atoms with Gasteiger partial charge in [-0.05, 0) is 25.8 Å². The second-order valence-corrected chi connectivity index (χ2v) is 5.72. The molecule has 0 aliphatic rings. The van der Waals surface area contributed by atoms with E-state index in [2.05, 4.69) is 50.4 Å². The summed E-state index contributed by atoms with van der Waals surface area (Å²) in [5.41, 5.74) is 2.55. The number of amides is 1.